The summed E-state index contributed by atoms with van der Waals surface area (Å²) in [6, 6.07) is 9.65. The molecule has 0 unspecified atom stereocenters. The molecule has 2 aromatic rings. The van der Waals surface area contributed by atoms with Crippen LogP contribution in [0.15, 0.2) is 42.5 Å². The zero-order chi connectivity index (χ0) is 16.1. The van der Waals surface area contributed by atoms with Gasteiger partial charge in [0.15, 0.2) is 0 Å². The zero-order valence-corrected chi connectivity index (χ0v) is 11.7. The van der Waals surface area contributed by atoms with Gasteiger partial charge in [-0.1, -0.05) is 0 Å². The Kier molecular flexibility index (Phi) is 4.70. The number of carbonyl (C=O) groups is 2. The first-order valence-electron chi connectivity index (χ1n) is 6.31. The molecule has 6 nitrogen and oxygen atoms in total. The van der Waals surface area contributed by atoms with Crippen LogP contribution in [0, 0.1) is 5.82 Å². The van der Waals surface area contributed by atoms with Gasteiger partial charge in [0.05, 0.1) is 12.7 Å². The minimum Gasteiger partial charge on any atom is -0.496 e. The molecule has 0 aliphatic heterocycles. The number of nitrogens with two attached hydrogens (primary N) is 1. The Morgan fingerprint density at radius 1 is 1.09 bits per heavy atom. The number of hydrogen-bond acceptors (Lipinski definition) is 4. The van der Waals surface area contributed by atoms with Gasteiger partial charge in [0.2, 0.25) is 0 Å². The number of methoxy groups -OCH3 is 1. The van der Waals surface area contributed by atoms with E-state index in [2.05, 4.69) is 5.32 Å². The van der Waals surface area contributed by atoms with Gasteiger partial charge in [-0.15, -0.1) is 0 Å². The molecule has 4 N–H and O–H groups in total. The Hall–Kier alpha value is -2.93. The third-order valence-electron chi connectivity index (χ3n) is 2.94. The number of hydrogen-bond donors (Lipinski definition) is 3. The van der Waals surface area contributed by atoms with Crippen LogP contribution in [0.4, 0.5) is 10.1 Å². The molecule has 0 heterocycles. The van der Waals surface area contributed by atoms with Gasteiger partial charge in [0.25, 0.3) is 11.8 Å². The highest BCUT2D eigenvalue weighted by molar-refractivity contribution is 6.05. The van der Waals surface area contributed by atoms with E-state index < -0.39 is 17.6 Å². The summed E-state index contributed by atoms with van der Waals surface area (Å²) in [6.07, 6.45) is 0. The number of benzene rings is 2. The molecule has 0 aromatic heterocycles. The van der Waals surface area contributed by atoms with Crippen molar-refractivity contribution in [1.82, 2.24) is 5.43 Å². The van der Waals surface area contributed by atoms with E-state index in [4.69, 9.17) is 10.6 Å². The molecular weight excluding hydrogens is 289 g/mol. The van der Waals surface area contributed by atoms with Crippen molar-refractivity contribution in [3.63, 3.8) is 0 Å². The second-order valence-electron chi connectivity index (χ2n) is 4.35. The maximum Gasteiger partial charge on any atom is 0.268 e. The molecule has 114 valence electrons. The summed E-state index contributed by atoms with van der Waals surface area (Å²) in [5.74, 6) is 4.01. The summed E-state index contributed by atoms with van der Waals surface area (Å²) in [4.78, 5) is 23.6. The molecule has 2 rings (SSSR count). The lowest BCUT2D eigenvalue weighted by atomic mass is 10.1. The second-order valence-corrected chi connectivity index (χ2v) is 4.35. The van der Waals surface area contributed by atoms with Crippen LogP contribution in [0.3, 0.4) is 0 Å². The van der Waals surface area contributed by atoms with Crippen molar-refractivity contribution >= 4 is 17.5 Å². The minimum atomic E-state index is -0.506. The number of halogens is 1. The molecule has 0 aliphatic rings. The maximum absolute atomic E-state index is 12.8. The molecule has 22 heavy (non-hydrogen) atoms. The molecule has 2 amide bonds. The number of rotatable bonds is 4. The highest BCUT2D eigenvalue weighted by Gasteiger charge is 2.13. The van der Waals surface area contributed by atoms with Gasteiger partial charge in [-0.05, 0) is 36.4 Å². The van der Waals surface area contributed by atoms with E-state index in [1.807, 2.05) is 5.43 Å². The van der Waals surface area contributed by atoms with Gasteiger partial charge in [-0.3, -0.25) is 15.0 Å². The van der Waals surface area contributed by atoms with E-state index in [0.29, 0.717) is 11.3 Å². The SMILES string of the molecule is COc1cc(NC(=O)c2ccc(F)cc2)ccc1C(=O)NN. The van der Waals surface area contributed by atoms with Crippen LogP contribution in [-0.2, 0) is 0 Å². The zero-order valence-electron chi connectivity index (χ0n) is 11.7. The van der Waals surface area contributed by atoms with Gasteiger partial charge < -0.3 is 10.1 Å². The molecule has 0 bridgehead atoms. The number of ether oxygens (including phenoxy) is 1. The fourth-order valence-corrected chi connectivity index (χ4v) is 1.84. The average molecular weight is 303 g/mol. The lowest BCUT2D eigenvalue weighted by Gasteiger charge is -2.10. The summed E-state index contributed by atoms with van der Waals surface area (Å²) in [6.45, 7) is 0. The molecule has 0 spiro atoms. The van der Waals surface area contributed by atoms with Crippen molar-refractivity contribution < 1.29 is 18.7 Å². The van der Waals surface area contributed by atoms with Crippen molar-refractivity contribution in [2.24, 2.45) is 5.84 Å². The molecule has 2 aromatic carbocycles. The molecule has 0 saturated carbocycles. The highest BCUT2D eigenvalue weighted by Crippen LogP contribution is 2.23. The van der Waals surface area contributed by atoms with Crippen LogP contribution in [-0.4, -0.2) is 18.9 Å². The van der Waals surface area contributed by atoms with Gasteiger partial charge in [-0.2, -0.15) is 0 Å². The fourth-order valence-electron chi connectivity index (χ4n) is 1.84. The Morgan fingerprint density at radius 3 is 2.36 bits per heavy atom. The van der Waals surface area contributed by atoms with Crippen molar-refractivity contribution in [3.05, 3.63) is 59.4 Å². The number of nitrogen functional groups attached to an aromatic ring is 1. The van der Waals surface area contributed by atoms with E-state index in [0.717, 1.165) is 0 Å². The number of amides is 2. The average Bonchev–Trinajstić information content (AvgIpc) is 2.54. The minimum absolute atomic E-state index is 0.241. The summed E-state index contributed by atoms with van der Waals surface area (Å²) < 4.78 is 17.9. The summed E-state index contributed by atoms with van der Waals surface area (Å²) in [7, 11) is 1.40. The van der Waals surface area contributed by atoms with Crippen LogP contribution < -0.4 is 21.3 Å². The van der Waals surface area contributed by atoms with Crippen molar-refractivity contribution in [1.29, 1.82) is 0 Å². The highest BCUT2D eigenvalue weighted by atomic mass is 19.1. The largest absolute Gasteiger partial charge is 0.496 e. The standard InChI is InChI=1S/C15H14FN3O3/c1-22-13-8-11(6-7-12(13)15(21)19-17)18-14(20)9-2-4-10(16)5-3-9/h2-8H,17H2,1H3,(H,18,20)(H,19,21). The Morgan fingerprint density at radius 2 is 1.77 bits per heavy atom. The Balaban J connectivity index is 2.21. The quantitative estimate of drug-likeness (QED) is 0.455. The molecule has 0 saturated heterocycles. The van der Waals surface area contributed by atoms with Crippen molar-refractivity contribution in [2.45, 2.75) is 0 Å². The summed E-state index contributed by atoms with van der Waals surface area (Å²) in [5.41, 5.74) is 2.99. The first kappa shape index (κ1) is 15.5. The first-order valence-corrected chi connectivity index (χ1v) is 6.31. The molecule has 0 atom stereocenters. The van der Waals surface area contributed by atoms with E-state index >= 15 is 0 Å². The topological polar surface area (TPSA) is 93.4 Å². The van der Waals surface area contributed by atoms with Crippen LogP contribution in [0.5, 0.6) is 5.75 Å². The van der Waals surface area contributed by atoms with Gasteiger partial charge in [0.1, 0.15) is 11.6 Å². The second kappa shape index (κ2) is 6.68. The van der Waals surface area contributed by atoms with Crippen molar-refractivity contribution in [3.8, 4) is 5.75 Å². The normalized spacial score (nSPS) is 9.95. The first-order chi connectivity index (χ1) is 10.5. The van der Waals surface area contributed by atoms with Crippen LogP contribution >= 0.6 is 0 Å². The molecular formula is C15H14FN3O3. The summed E-state index contributed by atoms with van der Waals surface area (Å²) >= 11 is 0. The lowest BCUT2D eigenvalue weighted by Crippen LogP contribution is -2.30. The van der Waals surface area contributed by atoms with E-state index in [1.165, 1.54) is 49.6 Å². The number of hydrazine groups is 1. The van der Waals surface area contributed by atoms with Gasteiger partial charge in [0, 0.05) is 17.3 Å². The van der Waals surface area contributed by atoms with Crippen LogP contribution in [0.25, 0.3) is 0 Å². The fraction of sp³-hybridized carbons (Fsp3) is 0.0667. The molecule has 7 heteroatoms. The Bertz CT molecular complexity index is 702. The molecule has 0 radical (unpaired) electrons. The van der Waals surface area contributed by atoms with Gasteiger partial charge >= 0.3 is 0 Å². The van der Waals surface area contributed by atoms with E-state index in [-0.39, 0.29) is 11.3 Å². The Labute approximate surface area is 126 Å². The molecule has 0 aliphatic carbocycles. The monoisotopic (exact) mass is 303 g/mol. The third-order valence-corrected chi connectivity index (χ3v) is 2.94. The number of carbonyl (C=O) groups excluding carboxylic acids is 2. The number of anilines is 1. The lowest BCUT2D eigenvalue weighted by molar-refractivity contribution is 0.0950. The van der Waals surface area contributed by atoms with Crippen molar-refractivity contribution in [2.75, 3.05) is 12.4 Å². The predicted molar refractivity (Wildman–Crippen MR) is 79.0 cm³/mol. The molecule has 0 fully saturated rings. The van der Waals surface area contributed by atoms with Gasteiger partial charge in [-0.25, -0.2) is 10.2 Å². The van der Waals surface area contributed by atoms with E-state index in [9.17, 15) is 14.0 Å². The predicted octanol–water partition coefficient (Wildman–Crippen LogP) is 1.69. The number of nitrogens with one attached hydrogen (secondary N) is 2. The maximum atomic E-state index is 12.8. The van der Waals surface area contributed by atoms with Crippen LogP contribution in [0.2, 0.25) is 0 Å². The summed E-state index contributed by atoms with van der Waals surface area (Å²) in [5, 5.41) is 2.63. The third kappa shape index (κ3) is 3.39. The van der Waals surface area contributed by atoms with E-state index in [1.54, 1.807) is 0 Å². The smallest absolute Gasteiger partial charge is 0.268 e. The van der Waals surface area contributed by atoms with Crippen LogP contribution in [0.1, 0.15) is 20.7 Å².